The van der Waals surface area contributed by atoms with E-state index in [0.717, 1.165) is 30.5 Å². The number of rotatable bonds is 5. The van der Waals surface area contributed by atoms with Gasteiger partial charge >= 0.3 is 0 Å². The molecule has 2 heterocycles. The fourth-order valence-corrected chi connectivity index (χ4v) is 3.58. The molecule has 7 heteroatoms. The van der Waals surface area contributed by atoms with Gasteiger partial charge in [0.1, 0.15) is 17.0 Å². The van der Waals surface area contributed by atoms with Gasteiger partial charge in [-0.1, -0.05) is 11.6 Å². The summed E-state index contributed by atoms with van der Waals surface area (Å²) in [7, 11) is 1.89. The fourth-order valence-electron chi connectivity index (χ4n) is 3.58. The molecule has 1 fully saturated rings. The van der Waals surface area contributed by atoms with E-state index in [2.05, 4.69) is 15.6 Å². The molecule has 2 aromatic rings. The molecular formula is C18H27N5O2. The first kappa shape index (κ1) is 17.7. The number of aryl methyl sites for hydroxylation is 2. The van der Waals surface area contributed by atoms with E-state index in [-0.39, 0.29) is 11.9 Å². The summed E-state index contributed by atoms with van der Waals surface area (Å²) >= 11 is 0. The molecule has 0 bridgehead atoms. The number of nitrogens with one attached hydrogen (secondary N) is 1. The quantitative estimate of drug-likeness (QED) is 0.865. The molecule has 2 atom stereocenters. The van der Waals surface area contributed by atoms with Crippen LogP contribution in [0.3, 0.4) is 0 Å². The van der Waals surface area contributed by atoms with Gasteiger partial charge in [0, 0.05) is 25.8 Å². The molecule has 2 aromatic heterocycles. The van der Waals surface area contributed by atoms with Crippen molar-refractivity contribution < 1.29 is 9.90 Å². The Morgan fingerprint density at radius 3 is 2.80 bits per heavy atom. The van der Waals surface area contributed by atoms with E-state index in [1.54, 1.807) is 24.7 Å². The van der Waals surface area contributed by atoms with Crippen molar-refractivity contribution in [2.24, 2.45) is 13.0 Å². The van der Waals surface area contributed by atoms with Crippen LogP contribution >= 0.6 is 0 Å². The summed E-state index contributed by atoms with van der Waals surface area (Å²) < 4.78 is 3.64. The maximum atomic E-state index is 12.6. The largest absolute Gasteiger partial charge is 0.384 e. The second-order valence-corrected chi connectivity index (χ2v) is 7.61. The van der Waals surface area contributed by atoms with Crippen LogP contribution in [-0.2, 0) is 19.2 Å². The zero-order chi connectivity index (χ0) is 18.2. The summed E-state index contributed by atoms with van der Waals surface area (Å²) in [6, 6.07) is 2.09. The van der Waals surface area contributed by atoms with Crippen molar-refractivity contribution in [1.29, 1.82) is 0 Å². The van der Waals surface area contributed by atoms with Gasteiger partial charge in [-0.15, -0.1) is 5.10 Å². The Morgan fingerprint density at radius 1 is 1.44 bits per heavy atom. The van der Waals surface area contributed by atoms with Crippen LogP contribution in [0.1, 0.15) is 54.9 Å². The topological polar surface area (TPSA) is 85.0 Å². The predicted molar refractivity (Wildman–Crippen MR) is 94.0 cm³/mol. The summed E-state index contributed by atoms with van der Waals surface area (Å²) in [6.07, 6.45) is 6.82. The lowest BCUT2D eigenvalue weighted by Crippen LogP contribution is -2.39. The van der Waals surface area contributed by atoms with Crippen LogP contribution in [0.2, 0.25) is 0 Å². The summed E-state index contributed by atoms with van der Waals surface area (Å²) in [6.45, 7) is 6.04. The summed E-state index contributed by atoms with van der Waals surface area (Å²) in [5.41, 5.74) is 1.27. The SMILES string of the molecule is Cc1ccn(C)c1C(=O)N[C@@H]1CCC[C@@H]1Cn1cc(C(C)(C)O)nn1. The summed E-state index contributed by atoms with van der Waals surface area (Å²) in [5.74, 6) is 0.304. The highest BCUT2D eigenvalue weighted by Crippen LogP contribution is 2.28. The number of hydrogen-bond donors (Lipinski definition) is 2. The molecule has 0 spiro atoms. The monoisotopic (exact) mass is 345 g/mol. The third kappa shape index (κ3) is 3.76. The van der Waals surface area contributed by atoms with Crippen molar-refractivity contribution in [1.82, 2.24) is 24.9 Å². The normalized spacial score (nSPS) is 20.8. The average Bonchev–Trinajstić information content (AvgIpc) is 3.21. The molecule has 1 aliphatic carbocycles. The van der Waals surface area contributed by atoms with Gasteiger partial charge in [0.05, 0.1) is 6.20 Å². The fraction of sp³-hybridized carbons (Fsp3) is 0.611. The van der Waals surface area contributed by atoms with Crippen LogP contribution in [0.5, 0.6) is 0 Å². The maximum Gasteiger partial charge on any atom is 0.268 e. The van der Waals surface area contributed by atoms with E-state index in [4.69, 9.17) is 0 Å². The van der Waals surface area contributed by atoms with Crippen molar-refractivity contribution in [3.8, 4) is 0 Å². The average molecular weight is 345 g/mol. The zero-order valence-corrected chi connectivity index (χ0v) is 15.4. The number of amides is 1. The first-order valence-corrected chi connectivity index (χ1v) is 8.81. The molecule has 25 heavy (non-hydrogen) atoms. The molecule has 0 unspecified atom stereocenters. The minimum absolute atomic E-state index is 0.0160. The highest BCUT2D eigenvalue weighted by Gasteiger charge is 2.31. The predicted octanol–water partition coefficient (Wildman–Crippen LogP) is 1.75. The van der Waals surface area contributed by atoms with Gasteiger partial charge in [-0.2, -0.15) is 0 Å². The second kappa shape index (κ2) is 6.63. The van der Waals surface area contributed by atoms with Crippen molar-refractivity contribution in [2.45, 2.75) is 58.2 Å². The van der Waals surface area contributed by atoms with Crippen LogP contribution in [0.4, 0.5) is 0 Å². The summed E-state index contributed by atoms with van der Waals surface area (Å²) in [5, 5.41) is 21.4. The van der Waals surface area contributed by atoms with Crippen LogP contribution in [-0.4, -0.2) is 36.6 Å². The van der Waals surface area contributed by atoms with Crippen molar-refractivity contribution in [3.05, 3.63) is 35.4 Å². The van der Waals surface area contributed by atoms with Gasteiger partial charge in [-0.05, 0) is 51.2 Å². The Labute approximate surface area is 148 Å². The van der Waals surface area contributed by atoms with E-state index in [1.807, 2.05) is 30.8 Å². The number of hydrogen-bond acceptors (Lipinski definition) is 4. The van der Waals surface area contributed by atoms with Gasteiger partial charge in [0.2, 0.25) is 0 Å². The third-order valence-corrected chi connectivity index (χ3v) is 5.05. The first-order valence-electron chi connectivity index (χ1n) is 8.81. The van der Waals surface area contributed by atoms with Crippen molar-refractivity contribution in [2.75, 3.05) is 0 Å². The maximum absolute atomic E-state index is 12.6. The van der Waals surface area contributed by atoms with E-state index in [9.17, 15) is 9.90 Å². The molecule has 1 amide bonds. The van der Waals surface area contributed by atoms with Crippen LogP contribution < -0.4 is 5.32 Å². The Morgan fingerprint density at radius 2 is 2.20 bits per heavy atom. The van der Waals surface area contributed by atoms with E-state index in [1.165, 1.54) is 0 Å². The lowest BCUT2D eigenvalue weighted by Gasteiger charge is -2.21. The van der Waals surface area contributed by atoms with Crippen LogP contribution in [0.15, 0.2) is 18.5 Å². The van der Waals surface area contributed by atoms with Gasteiger partial charge in [0.25, 0.3) is 5.91 Å². The van der Waals surface area contributed by atoms with Crippen LogP contribution in [0.25, 0.3) is 0 Å². The Bertz CT molecular complexity index is 736. The van der Waals surface area contributed by atoms with Gasteiger partial charge in [0.15, 0.2) is 0 Å². The second-order valence-electron chi connectivity index (χ2n) is 7.61. The highest BCUT2D eigenvalue weighted by atomic mass is 16.3. The lowest BCUT2D eigenvalue weighted by molar-refractivity contribution is 0.0737. The molecule has 0 radical (unpaired) electrons. The minimum atomic E-state index is -0.994. The number of carbonyl (C=O) groups is 1. The number of carbonyl (C=O) groups excluding carboxylic acids is 1. The van der Waals surface area contributed by atoms with Crippen molar-refractivity contribution >= 4 is 5.91 Å². The molecule has 0 saturated heterocycles. The van der Waals surface area contributed by atoms with Crippen molar-refractivity contribution in [3.63, 3.8) is 0 Å². The molecule has 7 nitrogen and oxygen atoms in total. The van der Waals surface area contributed by atoms with Gasteiger partial charge in [-0.25, -0.2) is 0 Å². The lowest BCUT2D eigenvalue weighted by atomic mass is 10.0. The molecule has 136 valence electrons. The molecule has 2 N–H and O–H groups in total. The highest BCUT2D eigenvalue weighted by molar-refractivity contribution is 5.94. The number of aromatic nitrogens is 4. The Hall–Kier alpha value is -2.15. The minimum Gasteiger partial charge on any atom is -0.384 e. The van der Waals surface area contributed by atoms with Gasteiger partial charge < -0.3 is 15.0 Å². The van der Waals surface area contributed by atoms with E-state index < -0.39 is 5.60 Å². The third-order valence-electron chi connectivity index (χ3n) is 5.05. The molecule has 3 rings (SSSR count). The summed E-state index contributed by atoms with van der Waals surface area (Å²) in [4.78, 5) is 12.6. The molecular weight excluding hydrogens is 318 g/mol. The zero-order valence-electron chi connectivity index (χ0n) is 15.4. The molecule has 1 saturated carbocycles. The van der Waals surface area contributed by atoms with Crippen LogP contribution in [0, 0.1) is 12.8 Å². The Kier molecular flexibility index (Phi) is 4.69. The molecule has 1 aliphatic rings. The smallest absolute Gasteiger partial charge is 0.268 e. The standard InChI is InChI=1S/C18H27N5O2/c1-12-8-9-22(4)16(12)17(24)19-14-7-5-6-13(14)10-23-11-15(20-21-23)18(2,3)25/h8-9,11,13-14,25H,5-7,10H2,1-4H3,(H,19,24)/t13-,14-/m1/s1. The van der Waals surface area contributed by atoms with Gasteiger partial charge in [-0.3, -0.25) is 9.48 Å². The van der Waals surface area contributed by atoms with E-state index >= 15 is 0 Å². The Balaban J connectivity index is 1.67. The molecule has 0 aliphatic heterocycles. The van der Waals surface area contributed by atoms with E-state index in [0.29, 0.717) is 18.2 Å². The molecule has 0 aromatic carbocycles. The number of aliphatic hydroxyl groups is 1. The first-order chi connectivity index (χ1) is 11.8. The number of nitrogens with zero attached hydrogens (tertiary/aromatic N) is 4.